The van der Waals surface area contributed by atoms with Gasteiger partial charge in [-0.1, -0.05) is 51.1 Å². The first-order valence-electron chi connectivity index (χ1n) is 8.98. The van der Waals surface area contributed by atoms with Gasteiger partial charge in [0.05, 0.1) is 18.3 Å². The molecule has 0 saturated heterocycles. The van der Waals surface area contributed by atoms with Crippen molar-refractivity contribution in [3.63, 3.8) is 0 Å². The van der Waals surface area contributed by atoms with Gasteiger partial charge in [0.2, 0.25) is 0 Å². The molecule has 2 rings (SSSR count). The van der Waals surface area contributed by atoms with Crippen LogP contribution >= 0.6 is 35.3 Å². The normalized spacial score (nSPS) is 13.0. The molecule has 0 fully saturated rings. The second-order valence-corrected chi connectivity index (χ2v) is 8.10. The molecular weight excluding hydrogens is 471 g/mol. The zero-order chi connectivity index (χ0) is 19.0. The lowest BCUT2D eigenvalue weighted by Crippen LogP contribution is -2.45. The van der Waals surface area contributed by atoms with Crippen molar-refractivity contribution in [2.24, 2.45) is 10.4 Å². The number of aliphatic imine (C=N–C) groups is 1. The average Bonchev–Trinajstić information content (AvgIpc) is 3.08. The van der Waals surface area contributed by atoms with Crippen molar-refractivity contribution in [3.05, 3.63) is 40.7 Å². The number of aromatic nitrogens is 1. The molecule has 5 nitrogen and oxygen atoms in total. The first-order chi connectivity index (χ1) is 12.4. The predicted molar refractivity (Wildman–Crippen MR) is 126 cm³/mol. The van der Waals surface area contributed by atoms with Crippen molar-refractivity contribution in [2.45, 2.75) is 40.3 Å². The molecular formula is C20H31IN4OS. The van der Waals surface area contributed by atoms with E-state index in [-0.39, 0.29) is 35.5 Å². The molecule has 27 heavy (non-hydrogen) atoms. The number of ether oxygens (including phenoxy) is 1. The quantitative estimate of drug-likeness (QED) is 0.332. The molecule has 2 aromatic rings. The van der Waals surface area contributed by atoms with E-state index in [1.54, 1.807) is 18.4 Å². The number of thiazole rings is 1. The Bertz CT molecular complexity index is 698. The van der Waals surface area contributed by atoms with E-state index in [4.69, 9.17) is 9.72 Å². The number of hydrogen-bond donors (Lipinski definition) is 2. The molecule has 0 amide bonds. The molecule has 1 aromatic heterocycles. The van der Waals surface area contributed by atoms with E-state index in [1.165, 1.54) is 0 Å². The molecule has 1 heterocycles. The van der Waals surface area contributed by atoms with Crippen molar-refractivity contribution in [1.29, 1.82) is 0 Å². The first kappa shape index (κ1) is 23.8. The van der Waals surface area contributed by atoms with Gasteiger partial charge in [-0.2, -0.15) is 0 Å². The number of nitrogens with one attached hydrogen (secondary N) is 2. The summed E-state index contributed by atoms with van der Waals surface area (Å²) in [5, 5.41) is 9.74. The maximum absolute atomic E-state index is 5.60. The number of halogens is 1. The summed E-state index contributed by atoms with van der Waals surface area (Å²) < 4.78 is 5.60. The first-order valence-corrected chi connectivity index (χ1v) is 9.86. The number of benzene rings is 1. The molecule has 2 N–H and O–H groups in total. The summed E-state index contributed by atoms with van der Waals surface area (Å²) in [7, 11) is 1.75. The number of methoxy groups -OCH3 is 1. The molecule has 0 aliphatic heterocycles. The van der Waals surface area contributed by atoms with Crippen LogP contribution in [-0.4, -0.2) is 37.2 Å². The Balaban J connectivity index is 0.00000364. The van der Waals surface area contributed by atoms with E-state index in [0.29, 0.717) is 13.1 Å². The fraction of sp³-hybridized carbons (Fsp3) is 0.500. The number of guanidine groups is 1. The Morgan fingerprint density at radius 2 is 1.93 bits per heavy atom. The predicted octanol–water partition coefficient (Wildman–Crippen LogP) is 4.54. The van der Waals surface area contributed by atoms with E-state index in [0.717, 1.165) is 28.8 Å². The molecule has 150 valence electrons. The van der Waals surface area contributed by atoms with E-state index in [9.17, 15) is 0 Å². The monoisotopic (exact) mass is 502 g/mol. The van der Waals surface area contributed by atoms with Crippen LogP contribution in [-0.2, 0) is 11.3 Å². The van der Waals surface area contributed by atoms with Crippen LogP contribution in [0.1, 0.15) is 32.7 Å². The van der Waals surface area contributed by atoms with Gasteiger partial charge >= 0.3 is 0 Å². The summed E-state index contributed by atoms with van der Waals surface area (Å²) in [6.07, 6.45) is 0.107. The third kappa shape index (κ3) is 7.75. The van der Waals surface area contributed by atoms with Crippen molar-refractivity contribution in [1.82, 2.24) is 15.6 Å². The SMILES string of the molecule is CCNC(=NCc1nc(-c2ccccc2)cs1)NCC(OC)C(C)(C)C.I. The lowest BCUT2D eigenvalue weighted by Gasteiger charge is -2.30. The molecule has 0 saturated carbocycles. The fourth-order valence-electron chi connectivity index (χ4n) is 2.55. The zero-order valence-electron chi connectivity index (χ0n) is 16.8. The molecule has 1 unspecified atom stereocenters. The van der Waals surface area contributed by atoms with E-state index >= 15 is 0 Å². The second kappa shape index (κ2) is 11.6. The summed E-state index contributed by atoms with van der Waals surface area (Å²) >= 11 is 1.64. The summed E-state index contributed by atoms with van der Waals surface area (Å²) in [6, 6.07) is 10.2. The summed E-state index contributed by atoms with van der Waals surface area (Å²) in [4.78, 5) is 9.36. The summed E-state index contributed by atoms with van der Waals surface area (Å²) in [5.41, 5.74) is 2.21. The van der Waals surface area contributed by atoms with Gasteiger partial charge in [-0.3, -0.25) is 0 Å². The third-order valence-electron chi connectivity index (χ3n) is 4.04. The van der Waals surface area contributed by atoms with E-state index in [2.05, 4.69) is 60.8 Å². The van der Waals surface area contributed by atoms with Gasteiger partial charge in [0.1, 0.15) is 5.01 Å². The van der Waals surface area contributed by atoms with Gasteiger partial charge in [0.25, 0.3) is 0 Å². The highest BCUT2D eigenvalue weighted by Gasteiger charge is 2.24. The lowest BCUT2D eigenvalue weighted by molar-refractivity contribution is 0.0205. The van der Waals surface area contributed by atoms with Crippen LogP contribution in [0.3, 0.4) is 0 Å². The van der Waals surface area contributed by atoms with Gasteiger partial charge in [-0.15, -0.1) is 35.3 Å². The number of rotatable bonds is 7. The highest BCUT2D eigenvalue weighted by atomic mass is 127. The Labute approximate surface area is 184 Å². The minimum Gasteiger partial charge on any atom is -0.379 e. The zero-order valence-corrected chi connectivity index (χ0v) is 19.9. The van der Waals surface area contributed by atoms with Crippen LogP contribution in [0.4, 0.5) is 0 Å². The Morgan fingerprint density at radius 1 is 1.22 bits per heavy atom. The van der Waals surface area contributed by atoms with Crippen LogP contribution in [0.15, 0.2) is 40.7 Å². The van der Waals surface area contributed by atoms with Gasteiger partial charge in [0, 0.05) is 31.1 Å². The Morgan fingerprint density at radius 3 is 2.52 bits per heavy atom. The minimum atomic E-state index is 0. The molecule has 1 aromatic carbocycles. The molecule has 1 atom stereocenters. The molecule has 0 aliphatic carbocycles. The Kier molecular flexibility index (Phi) is 10.3. The number of hydrogen-bond acceptors (Lipinski definition) is 4. The summed E-state index contributed by atoms with van der Waals surface area (Å²) in [6.45, 7) is 10.7. The lowest BCUT2D eigenvalue weighted by atomic mass is 9.89. The van der Waals surface area contributed by atoms with Crippen molar-refractivity contribution >= 4 is 41.3 Å². The minimum absolute atomic E-state index is 0. The van der Waals surface area contributed by atoms with Crippen molar-refractivity contribution in [3.8, 4) is 11.3 Å². The van der Waals surface area contributed by atoms with Crippen molar-refractivity contribution in [2.75, 3.05) is 20.2 Å². The average molecular weight is 502 g/mol. The molecule has 0 radical (unpaired) electrons. The van der Waals surface area contributed by atoms with E-state index in [1.807, 2.05) is 18.2 Å². The Hall–Kier alpha value is -1.19. The highest BCUT2D eigenvalue weighted by molar-refractivity contribution is 14.0. The number of nitrogens with zero attached hydrogens (tertiary/aromatic N) is 2. The van der Waals surface area contributed by atoms with Crippen molar-refractivity contribution < 1.29 is 4.74 Å². The summed E-state index contributed by atoms with van der Waals surface area (Å²) in [5.74, 6) is 0.787. The maximum Gasteiger partial charge on any atom is 0.191 e. The van der Waals surface area contributed by atoms with Gasteiger partial charge in [-0.05, 0) is 12.3 Å². The van der Waals surface area contributed by atoms with Gasteiger partial charge < -0.3 is 15.4 Å². The van der Waals surface area contributed by atoms with Gasteiger partial charge in [0.15, 0.2) is 5.96 Å². The van der Waals surface area contributed by atoms with Crippen LogP contribution in [0.2, 0.25) is 0 Å². The van der Waals surface area contributed by atoms with Crippen LogP contribution in [0.5, 0.6) is 0 Å². The molecule has 0 bridgehead atoms. The van der Waals surface area contributed by atoms with E-state index < -0.39 is 0 Å². The van der Waals surface area contributed by atoms with Crippen LogP contribution < -0.4 is 10.6 Å². The molecule has 0 spiro atoms. The fourth-order valence-corrected chi connectivity index (χ4v) is 3.27. The molecule has 7 heteroatoms. The standard InChI is InChI=1S/C20H30N4OS.HI/c1-6-21-19(22-12-17(25-5)20(2,3)4)23-13-18-24-16(14-26-18)15-10-8-7-9-11-15;/h7-11,14,17H,6,12-13H2,1-5H3,(H2,21,22,23);1H. The van der Waals surface area contributed by atoms with Crippen LogP contribution in [0.25, 0.3) is 11.3 Å². The molecule has 0 aliphatic rings. The topological polar surface area (TPSA) is 58.5 Å². The van der Waals surface area contributed by atoms with Gasteiger partial charge in [-0.25, -0.2) is 9.98 Å². The maximum atomic E-state index is 5.60. The van der Waals surface area contributed by atoms with Crippen LogP contribution in [0, 0.1) is 5.41 Å². The smallest absolute Gasteiger partial charge is 0.191 e. The largest absolute Gasteiger partial charge is 0.379 e. The highest BCUT2D eigenvalue weighted by Crippen LogP contribution is 2.22. The third-order valence-corrected chi connectivity index (χ3v) is 4.88. The second-order valence-electron chi connectivity index (χ2n) is 7.16.